The fourth-order valence-corrected chi connectivity index (χ4v) is 9.06. The lowest BCUT2D eigenvalue weighted by Gasteiger charge is -2.32. The third kappa shape index (κ3) is 6.11. The van der Waals surface area contributed by atoms with E-state index in [1.807, 2.05) is 23.5 Å². The van der Waals surface area contributed by atoms with Crippen LogP contribution in [-0.4, -0.2) is 33.3 Å². The van der Waals surface area contributed by atoms with Crippen molar-refractivity contribution in [1.82, 2.24) is 5.32 Å². The van der Waals surface area contributed by atoms with E-state index in [0.29, 0.717) is 28.0 Å². The van der Waals surface area contributed by atoms with Gasteiger partial charge in [-0.1, -0.05) is 60.8 Å². The van der Waals surface area contributed by atoms with Crippen molar-refractivity contribution in [2.75, 3.05) is 5.75 Å². The maximum atomic E-state index is 12.8. The lowest BCUT2D eigenvalue weighted by Crippen LogP contribution is -2.40. The van der Waals surface area contributed by atoms with Gasteiger partial charge in [0.1, 0.15) is 5.75 Å². The number of aromatic hydroxyl groups is 1. The number of phenolic OH excluding ortho intramolecular Hbond substituents is 1. The predicted molar refractivity (Wildman–Crippen MR) is 147 cm³/mol. The second kappa shape index (κ2) is 10.3. The fourth-order valence-electron chi connectivity index (χ4n) is 6.24. The molecule has 3 fully saturated rings. The van der Waals surface area contributed by atoms with E-state index in [4.69, 9.17) is 0 Å². The van der Waals surface area contributed by atoms with Gasteiger partial charge in [0.15, 0.2) is 0 Å². The molecule has 5 atom stereocenters. The number of benzene rings is 1. The van der Waals surface area contributed by atoms with E-state index < -0.39 is 0 Å². The van der Waals surface area contributed by atoms with Crippen LogP contribution in [0.25, 0.3) is 0 Å². The topological polar surface area (TPSA) is 49.3 Å². The first-order chi connectivity index (χ1) is 15.9. The van der Waals surface area contributed by atoms with Crippen molar-refractivity contribution in [2.45, 2.75) is 125 Å². The number of carbonyl (C=O) groups excluding carboxylic acids is 1. The molecule has 34 heavy (non-hydrogen) atoms. The molecule has 4 rings (SSSR count). The number of phenols is 1. The number of rotatable bonds is 6. The van der Waals surface area contributed by atoms with Crippen LogP contribution >= 0.6 is 23.5 Å². The molecule has 3 aliphatic carbocycles. The Balaban J connectivity index is 1.42. The van der Waals surface area contributed by atoms with Crippen molar-refractivity contribution in [3.8, 4) is 5.75 Å². The normalized spacial score (nSPS) is 29.4. The summed E-state index contributed by atoms with van der Waals surface area (Å²) in [5, 5.41) is 15.5. The summed E-state index contributed by atoms with van der Waals surface area (Å²) in [5.41, 5.74) is 1.85. The summed E-state index contributed by atoms with van der Waals surface area (Å²) < 4.78 is 0. The fraction of sp³-hybridized carbons (Fsp3) is 0.759. The monoisotopic (exact) mass is 503 g/mol. The van der Waals surface area contributed by atoms with Gasteiger partial charge in [-0.15, -0.1) is 23.5 Å². The van der Waals surface area contributed by atoms with Crippen molar-refractivity contribution >= 4 is 29.4 Å². The number of hydrogen-bond acceptors (Lipinski definition) is 4. The second-order valence-corrected chi connectivity index (χ2v) is 15.5. The van der Waals surface area contributed by atoms with E-state index in [0.717, 1.165) is 23.0 Å². The molecule has 0 radical (unpaired) electrons. The molecule has 1 aromatic rings. The third-order valence-corrected chi connectivity index (χ3v) is 11.1. The molecular formula is C29H45NO2S2. The van der Waals surface area contributed by atoms with Gasteiger partial charge in [0.05, 0.1) is 5.75 Å². The number of thioether (sulfide) groups is 2. The summed E-state index contributed by atoms with van der Waals surface area (Å²) in [6.07, 6.45) is 10.1. The highest BCUT2D eigenvalue weighted by Crippen LogP contribution is 2.46. The zero-order chi connectivity index (χ0) is 24.7. The van der Waals surface area contributed by atoms with Crippen LogP contribution < -0.4 is 5.32 Å². The molecule has 0 saturated heterocycles. The van der Waals surface area contributed by atoms with Crippen LogP contribution in [0.2, 0.25) is 0 Å². The maximum Gasteiger partial charge on any atom is 0.230 e. The van der Waals surface area contributed by atoms with Crippen LogP contribution in [0.5, 0.6) is 5.75 Å². The first-order valence-corrected chi connectivity index (χ1v) is 15.3. The van der Waals surface area contributed by atoms with E-state index >= 15 is 0 Å². The molecule has 0 heterocycles. The number of amides is 1. The highest BCUT2D eigenvalue weighted by atomic mass is 32.2. The van der Waals surface area contributed by atoms with E-state index in [-0.39, 0.29) is 16.7 Å². The van der Waals surface area contributed by atoms with Gasteiger partial charge in [-0.05, 0) is 66.9 Å². The Morgan fingerprint density at radius 2 is 1.56 bits per heavy atom. The van der Waals surface area contributed by atoms with Crippen molar-refractivity contribution in [1.29, 1.82) is 0 Å². The molecule has 3 saturated carbocycles. The Bertz CT molecular complexity index is 850. The average molecular weight is 504 g/mol. The minimum absolute atomic E-state index is 0.112. The van der Waals surface area contributed by atoms with Gasteiger partial charge >= 0.3 is 0 Å². The molecule has 5 heteroatoms. The molecule has 2 N–H and O–H groups in total. The zero-order valence-electron chi connectivity index (χ0n) is 22.1. The van der Waals surface area contributed by atoms with Crippen LogP contribution in [0.15, 0.2) is 17.0 Å². The largest absolute Gasteiger partial charge is 0.507 e. The summed E-state index contributed by atoms with van der Waals surface area (Å²) in [4.78, 5) is 14.0. The summed E-state index contributed by atoms with van der Waals surface area (Å²) >= 11 is 3.85. The van der Waals surface area contributed by atoms with Crippen LogP contribution in [0.1, 0.15) is 104 Å². The van der Waals surface area contributed by atoms with Crippen LogP contribution in [-0.2, 0) is 15.6 Å². The Kier molecular flexibility index (Phi) is 7.94. The van der Waals surface area contributed by atoms with Crippen molar-refractivity contribution in [3.05, 3.63) is 23.3 Å². The highest BCUT2D eigenvalue weighted by Gasteiger charge is 2.40. The van der Waals surface area contributed by atoms with E-state index in [1.165, 1.54) is 56.3 Å². The summed E-state index contributed by atoms with van der Waals surface area (Å²) in [6.45, 7) is 13.1. The second-order valence-electron chi connectivity index (χ2n) is 13.0. The Morgan fingerprint density at radius 1 is 0.941 bits per heavy atom. The molecule has 5 unspecified atom stereocenters. The highest BCUT2D eigenvalue weighted by molar-refractivity contribution is 8.04. The van der Waals surface area contributed by atoms with Gasteiger partial charge in [0, 0.05) is 32.6 Å². The molecule has 0 aromatic heterocycles. The van der Waals surface area contributed by atoms with Crippen LogP contribution in [0.4, 0.5) is 0 Å². The molecule has 1 aromatic carbocycles. The van der Waals surface area contributed by atoms with Crippen molar-refractivity contribution in [3.63, 3.8) is 0 Å². The Hall–Kier alpha value is -0.810. The van der Waals surface area contributed by atoms with Gasteiger partial charge in [-0.25, -0.2) is 0 Å². The molecular weight excluding hydrogens is 458 g/mol. The minimum Gasteiger partial charge on any atom is -0.507 e. The maximum absolute atomic E-state index is 12.8. The number of fused-ring (bicyclic) bond motifs is 2. The van der Waals surface area contributed by atoms with Gasteiger partial charge in [-0.2, -0.15) is 0 Å². The van der Waals surface area contributed by atoms with Gasteiger partial charge in [0.25, 0.3) is 0 Å². The Morgan fingerprint density at radius 3 is 2.09 bits per heavy atom. The first kappa shape index (κ1) is 26.3. The van der Waals surface area contributed by atoms with E-state index in [2.05, 4.69) is 59.0 Å². The van der Waals surface area contributed by atoms with E-state index in [1.54, 1.807) is 0 Å². The Labute approximate surface area is 216 Å². The summed E-state index contributed by atoms with van der Waals surface area (Å²) in [7, 11) is 0. The lowest BCUT2D eigenvalue weighted by atomic mass is 9.79. The van der Waals surface area contributed by atoms with E-state index in [9.17, 15) is 9.90 Å². The van der Waals surface area contributed by atoms with Crippen molar-refractivity contribution < 1.29 is 9.90 Å². The molecule has 3 nitrogen and oxygen atoms in total. The standard InChI is InChI=1S/C29H45NO2S2/c1-28(2,3)21-15-20(16-22(27(21)32)29(4,5)6)34-25-10-8-7-9-24(25)33-17-26(31)30-23-14-18-11-12-19(23)13-18/h15-16,18-19,23-25,32H,7-14,17H2,1-6H3,(H,30,31). The average Bonchev–Trinajstić information content (AvgIpc) is 3.36. The lowest BCUT2D eigenvalue weighted by molar-refractivity contribution is -0.119. The summed E-state index contributed by atoms with van der Waals surface area (Å²) in [6, 6.07) is 4.87. The smallest absolute Gasteiger partial charge is 0.230 e. The minimum atomic E-state index is -0.112. The molecule has 3 aliphatic rings. The van der Waals surface area contributed by atoms with Gasteiger partial charge in [0.2, 0.25) is 5.91 Å². The number of hydrogen-bond donors (Lipinski definition) is 2. The summed E-state index contributed by atoms with van der Waals surface area (Å²) in [5.74, 6) is 2.89. The number of nitrogens with one attached hydrogen (secondary N) is 1. The van der Waals surface area contributed by atoms with Crippen molar-refractivity contribution in [2.24, 2.45) is 11.8 Å². The predicted octanol–water partition coefficient (Wildman–Crippen LogP) is 7.43. The first-order valence-electron chi connectivity index (χ1n) is 13.4. The molecule has 2 bridgehead atoms. The SMILES string of the molecule is CC(C)(C)c1cc(SC2CCCCC2SCC(=O)NC2CC3CCC2C3)cc(C(C)(C)C)c1O. The third-order valence-electron chi connectivity index (χ3n) is 8.14. The zero-order valence-corrected chi connectivity index (χ0v) is 23.7. The molecule has 0 spiro atoms. The van der Waals surface area contributed by atoms with Crippen LogP contribution in [0, 0.1) is 11.8 Å². The molecule has 190 valence electrons. The van der Waals surface area contributed by atoms with Gasteiger partial charge in [-0.3, -0.25) is 4.79 Å². The number of carbonyl (C=O) groups is 1. The van der Waals surface area contributed by atoms with Gasteiger partial charge < -0.3 is 10.4 Å². The molecule has 1 amide bonds. The molecule has 0 aliphatic heterocycles. The van der Waals surface area contributed by atoms with Crippen LogP contribution in [0.3, 0.4) is 0 Å². The quantitative estimate of drug-likeness (QED) is 0.424.